The Morgan fingerprint density at radius 2 is 1.75 bits per heavy atom. The molecule has 7 nitrogen and oxygen atoms in total. The van der Waals surface area contributed by atoms with Crippen molar-refractivity contribution in [3.63, 3.8) is 0 Å². The first-order chi connectivity index (χ1) is 19.5. The van der Waals surface area contributed by atoms with Gasteiger partial charge >= 0.3 is 0 Å². The second-order valence-electron chi connectivity index (χ2n) is 8.92. The zero-order valence-electron chi connectivity index (χ0n) is 21.3. The van der Waals surface area contributed by atoms with Crippen molar-refractivity contribution >= 4 is 46.3 Å². The molecule has 2 aromatic heterocycles. The minimum absolute atomic E-state index is 0.284. The van der Waals surface area contributed by atoms with Crippen LogP contribution in [0.1, 0.15) is 27.6 Å². The van der Waals surface area contributed by atoms with Gasteiger partial charge in [-0.3, -0.25) is 9.36 Å². The lowest BCUT2D eigenvalue weighted by molar-refractivity contribution is 0.102. The third-order valence-corrected chi connectivity index (χ3v) is 6.72. The average Bonchev–Trinajstić information content (AvgIpc) is 3.55. The van der Waals surface area contributed by atoms with Gasteiger partial charge in [0.25, 0.3) is 11.1 Å². The number of carbonyl (C=O) groups is 1. The van der Waals surface area contributed by atoms with Gasteiger partial charge in [0.2, 0.25) is 0 Å². The minimum atomic E-state index is -0.316. The number of benzene rings is 4. The molecule has 9 heteroatoms. The van der Waals surface area contributed by atoms with E-state index in [0.717, 1.165) is 39.6 Å². The molecule has 0 saturated carbocycles. The zero-order chi connectivity index (χ0) is 27.5. The van der Waals surface area contributed by atoms with E-state index in [1.807, 2.05) is 54.0 Å². The van der Waals surface area contributed by atoms with Crippen LogP contribution in [-0.4, -0.2) is 24.8 Å². The fraction of sp³-hybridized carbons (Fsp3) is 0.0323. The van der Waals surface area contributed by atoms with Crippen molar-refractivity contribution in [2.75, 3.05) is 5.32 Å². The Morgan fingerprint density at radius 3 is 2.58 bits per heavy atom. The number of anilines is 1. The number of hydrogen-bond donors (Lipinski definition) is 1. The molecule has 40 heavy (non-hydrogen) atoms. The Hall–Kier alpha value is -5.15. The number of aromatic nitrogens is 4. The second kappa shape index (κ2) is 10.9. The molecule has 0 atom stereocenters. The SMILES string of the molecule is Cc1nc2ccc(C(=O)Nc3cccc(Oc4nc(/C=C/c5ccccc5)ns4)c3)cc2n1-c1ccc(F)cc1. The lowest BCUT2D eigenvalue weighted by atomic mass is 10.1. The van der Waals surface area contributed by atoms with Gasteiger partial charge in [0.1, 0.15) is 17.4 Å². The van der Waals surface area contributed by atoms with E-state index >= 15 is 0 Å². The number of rotatable bonds is 7. The molecule has 0 spiro atoms. The fourth-order valence-electron chi connectivity index (χ4n) is 4.26. The summed E-state index contributed by atoms with van der Waals surface area (Å²) >= 11 is 1.15. The highest BCUT2D eigenvalue weighted by molar-refractivity contribution is 7.07. The predicted octanol–water partition coefficient (Wildman–Crippen LogP) is 7.54. The predicted molar refractivity (Wildman–Crippen MR) is 156 cm³/mol. The highest BCUT2D eigenvalue weighted by Crippen LogP contribution is 2.27. The summed E-state index contributed by atoms with van der Waals surface area (Å²) in [4.78, 5) is 22.2. The number of aryl methyl sites for hydroxylation is 1. The van der Waals surface area contributed by atoms with E-state index in [9.17, 15) is 9.18 Å². The molecule has 2 heterocycles. The molecule has 4 aromatic carbocycles. The third kappa shape index (κ3) is 5.50. The van der Waals surface area contributed by atoms with E-state index in [0.29, 0.717) is 28.0 Å². The molecular weight excluding hydrogens is 525 g/mol. The molecule has 0 aliphatic heterocycles. The molecule has 6 rings (SSSR count). The van der Waals surface area contributed by atoms with Crippen molar-refractivity contribution in [3.05, 3.63) is 126 Å². The maximum atomic E-state index is 13.5. The lowest BCUT2D eigenvalue weighted by Gasteiger charge is -2.09. The smallest absolute Gasteiger partial charge is 0.299 e. The Kier molecular flexibility index (Phi) is 6.86. The molecule has 0 aliphatic rings. The largest absolute Gasteiger partial charge is 0.430 e. The van der Waals surface area contributed by atoms with Crippen LogP contribution in [0.4, 0.5) is 10.1 Å². The number of nitrogens with zero attached hydrogens (tertiary/aromatic N) is 4. The summed E-state index contributed by atoms with van der Waals surface area (Å²) < 4.78 is 25.6. The number of carbonyl (C=O) groups excluding carboxylic acids is 1. The van der Waals surface area contributed by atoms with Gasteiger partial charge in [-0.15, -0.1) is 0 Å². The van der Waals surface area contributed by atoms with Crippen LogP contribution in [0.2, 0.25) is 0 Å². The van der Waals surface area contributed by atoms with Crippen LogP contribution >= 0.6 is 11.5 Å². The Morgan fingerprint density at radius 1 is 0.925 bits per heavy atom. The van der Waals surface area contributed by atoms with Crippen LogP contribution in [0.25, 0.3) is 28.9 Å². The quantitative estimate of drug-likeness (QED) is 0.223. The van der Waals surface area contributed by atoms with Crippen molar-refractivity contribution in [2.45, 2.75) is 6.92 Å². The first kappa shape index (κ1) is 25.1. The number of amides is 1. The molecule has 0 fully saturated rings. The Balaban J connectivity index is 1.17. The highest BCUT2D eigenvalue weighted by Gasteiger charge is 2.14. The number of fused-ring (bicyclic) bond motifs is 1. The molecule has 0 radical (unpaired) electrons. The number of imidazole rings is 1. The first-order valence-electron chi connectivity index (χ1n) is 12.4. The summed E-state index contributed by atoms with van der Waals surface area (Å²) in [6.45, 7) is 1.87. The summed E-state index contributed by atoms with van der Waals surface area (Å²) in [6.07, 6.45) is 3.77. The lowest BCUT2D eigenvalue weighted by Crippen LogP contribution is -2.12. The highest BCUT2D eigenvalue weighted by atomic mass is 32.1. The Labute approximate surface area is 233 Å². The van der Waals surface area contributed by atoms with Crippen LogP contribution in [0, 0.1) is 12.7 Å². The molecule has 6 aromatic rings. The molecule has 1 N–H and O–H groups in total. The van der Waals surface area contributed by atoms with Crippen molar-refractivity contribution in [3.8, 4) is 16.6 Å². The van der Waals surface area contributed by atoms with Crippen molar-refractivity contribution < 1.29 is 13.9 Å². The van der Waals surface area contributed by atoms with Crippen LogP contribution in [0.3, 0.4) is 0 Å². The molecular formula is C31H22FN5O2S. The average molecular weight is 548 g/mol. The van der Waals surface area contributed by atoms with Crippen LogP contribution in [0.15, 0.2) is 97.1 Å². The molecule has 0 saturated heterocycles. The van der Waals surface area contributed by atoms with Gasteiger partial charge in [-0.25, -0.2) is 9.37 Å². The standard InChI is InChI=1S/C31H22FN5O2S/c1-20-33-27-16-11-22(18-28(27)37(20)25-14-12-23(32)13-15-25)30(38)34-24-8-5-9-26(19-24)39-31-35-29(36-40-31)17-10-21-6-3-2-4-7-21/h2-19H,1H3,(H,34,38)/b17-10+. The summed E-state index contributed by atoms with van der Waals surface area (Å²) in [7, 11) is 0. The maximum absolute atomic E-state index is 13.5. The van der Waals surface area contributed by atoms with E-state index in [1.54, 1.807) is 54.6 Å². The third-order valence-electron chi connectivity index (χ3n) is 6.11. The van der Waals surface area contributed by atoms with Gasteiger partial charge in [-0.2, -0.15) is 9.36 Å². The van der Waals surface area contributed by atoms with E-state index in [4.69, 9.17) is 4.74 Å². The van der Waals surface area contributed by atoms with Crippen molar-refractivity contribution in [1.29, 1.82) is 0 Å². The van der Waals surface area contributed by atoms with Gasteiger partial charge in [0.05, 0.1) is 11.0 Å². The fourth-order valence-corrected chi connectivity index (χ4v) is 4.80. The van der Waals surface area contributed by atoms with Crippen LogP contribution in [0.5, 0.6) is 10.9 Å². The topological polar surface area (TPSA) is 81.9 Å². The maximum Gasteiger partial charge on any atom is 0.299 e. The summed E-state index contributed by atoms with van der Waals surface area (Å²) in [5.74, 6) is 1.21. The van der Waals surface area contributed by atoms with Gasteiger partial charge in [-0.05, 0) is 73.2 Å². The second-order valence-corrected chi connectivity index (χ2v) is 9.64. The number of ether oxygens (including phenoxy) is 1. The van der Waals surface area contributed by atoms with Gasteiger partial charge in [-0.1, -0.05) is 42.5 Å². The number of nitrogens with one attached hydrogen (secondary N) is 1. The van der Waals surface area contributed by atoms with Crippen molar-refractivity contribution in [2.24, 2.45) is 0 Å². The minimum Gasteiger partial charge on any atom is -0.430 e. The molecule has 0 aliphatic carbocycles. The normalized spacial score (nSPS) is 11.2. The zero-order valence-corrected chi connectivity index (χ0v) is 22.1. The molecule has 1 amide bonds. The van der Waals surface area contributed by atoms with Gasteiger partial charge in [0.15, 0.2) is 5.82 Å². The summed E-state index contributed by atoms with van der Waals surface area (Å²) in [6, 6.07) is 28.5. The monoisotopic (exact) mass is 547 g/mol. The van der Waals surface area contributed by atoms with E-state index < -0.39 is 0 Å². The Bertz CT molecular complexity index is 1850. The number of hydrogen-bond acceptors (Lipinski definition) is 6. The van der Waals surface area contributed by atoms with Crippen LogP contribution < -0.4 is 10.1 Å². The first-order valence-corrected chi connectivity index (χ1v) is 13.2. The van der Waals surface area contributed by atoms with E-state index in [-0.39, 0.29) is 11.7 Å². The summed E-state index contributed by atoms with van der Waals surface area (Å²) in [5.41, 5.74) is 4.34. The van der Waals surface area contributed by atoms with E-state index in [1.165, 1.54) is 12.1 Å². The van der Waals surface area contributed by atoms with E-state index in [2.05, 4.69) is 19.7 Å². The molecule has 0 unspecified atom stereocenters. The summed E-state index contributed by atoms with van der Waals surface area (Å²) in [5, 5.41) is 3.32. The van der Waals surface area contributed by atoms with Crippen molar-refractivity contribution in [1.82, 2.24) is 18.9 Å². The molecule has 196 valence electrons. The number of halogens is 1. The molecule has 0 bridgehead atoms. The van der Waals surface area contributed by atoms with Gasteiger partial charge in [0, 0.05) is 34.5 Å². The van der Waals surface area contributed by atoms with Crippen LogP contribution in [-0.2, 0) is 0 Å². The van der Waals surface area contributed by atoms with Gasteiger partial charge < -0.3 is 10.1 Å².